The van der Waals surface area contributed by atoms with Gasteiger partial charge in [0.2, 0.25) is 0 Å². The van der Waals surface area contributed by atoms with Crippen molar-refractivity contribution in [1.82, 2.24) is 5.32 Å². The van der Waals surface area contributed by atoms with Gasteiger partial charge < -0.3 is 5.32 Å². The van der Waals surface area contributed by atoms with E-state index in [9.17, 15) is 0 Å². The lowest BCUT2D eigenvalue weighted by Gasteiger charge is -2.27. The van der Waals surface area contributed by atoms with Gasteiger partial charge in [-0.15, -0.1) is 0 Å². The van der Waals surface area contributed by atoms with Gasteiger partial charge in [0.25, 0.3) is 0 Å². The quantitative estimate of drug-likeness (QED) is 0.796. The maximum Gasteiger partial charge on any atom is 0.0562 e. The fraction of sp³-hybridized carbons (Fsp3) is 0.647. The minimum Gasteiger partial charge on any atom is -0.305 e. The minimum absolute atomic E-state index is 0.127. The molecule has 3 heteroatoms. The molecule has 0 saturated heterocycles. The Morgan fingerprint density at radius 1 is 1.05 bits per heavy atom. The highest BCUT2D eigenvalue weighted by Crippen LogP contribution is 2.27. The van der Waals surface area contributed by atoms with Crippen LogP contribution in [0.3, 0.4) is 0 Å². The molecule has 0 atom stereocenters. The van der Waals surface area contributed by atoms with Crippen LogP contribution in [0.15, 0.2) is 30.3 Å². The summed E-state index contributed by atoms with van der Waals surface area (Å²) in [6.07, 6.45) is 2.69. The molecule has 1 aromatic rings. The lowest BCUT2D eigenvalue weighted by molar-refractivity contribution is 0.399. The van der Waals surface area contributed by atoms with Crippen LogP contribution in [-0.4, -0.2) is 21.4 Å². The zero-order valence-corrected chi connectivity index (χ0v) is 15.5. The van der Waals surface area contributed by atoms with Crippen LogP contribution in [-0.2, 0) is 5.54 Å². The summed E-state index contributed by atoms with van der Waals surface area (Å²) >= 11 is 0. The molecule has 0 bridgehead atoms. The van der Waals surface area contributed by atoms with Crippen molar-refractivity contribution in [2.45, 2.75) is 71.8 Å². The smallest absolute Gasteiger partial charge is 0.0562 e. The molecule has 2 radical (unpaired) electrons. The van der Waals surface area contributed by atoms with E-state index in [0.717, 1.165) is 6.04 Å². The molecule has 0 aliphatic heterocycles. The van der Waals surface area contributed by atoms with E-state index >= 15 is 0 Å². The zero-order valence-electron chi connectivity index (χ0n) is 14.5. The average molecular weight is 289 g/mol. The van der Waals surface area contributed by atoms with E-state index in [1.54, 1.807) is 0 Å². The number of nitrogens with one attached hydrogen (secondary N) is 1. The average Bonchev–Trinajstić information content (AvgIpc) is 3.14. The topological polar surface area (TPSA) is 12.0 Å². The number of hydrogen-bond acceptors (Lipinski definition) is 1. The van der Waals surface area contributed by atoms with Crippen molar-refractivity contribution in [1.29, 1.82) is 0 Å². The molecule has 1 aliphatic rings. The molecule has 0 heterocycles. The van der Waals surface area contributed by atoms with Crippen LogP contribution in [0.4, 0.5) is 0 Å². The Labute approximate surface area is 128 Å². The fourth-order valence-corrected chi connectivity index (χ4v) is 1.68. The second-order valence-corrected chi connectivity index (χ2v) is 11.5. The van der Waals surface area contributed by atoms with E-state index in [0.29, 0.717) is 0 Å². The highest BCUT2D eigenvalue weighted by atomic mass is 28.3. The molecule has 112 valence electrons. The van der Waals surface area contributed by atoms with Gasteiger partial charge in [-0.2, -0.15) is 0 Å². The molecule has 1 fully saturated rings. The molecule has 1 saturated carbocycles. The van der Waals surface area contributed by atoms with Crippen LogP contribution < -0.4 is 5.32 Å². The van der Waals surface area contributed by atoms with Gasteiger partial charge in [0.15, 0.2) is 0 Å². The standard InChI is InChI=1S/C12H17N.C3H9BSi.C2H6/c1-12(2,13-11-8-9-11)10-6-4-3-5-7-10;1-5(2,3)4;1-2/h3-7,11,13H,8-9H2,1-2H3;1-3H3;1-2H3. The van der Waals surface area contributed by atoms with Crippen molar-refractivity contribution >= 4 is 15.4 Å². The first-order chi connectivity index (χ1) is 9.18. The predicted octanol–water partition coefficient (Wildman–Crippen LogP) is 4.69. The molecular weight excluding hydrogens is 257 g/mol. The molecule has 0 amide bonds. The summed E-state index contributed by atoms with van der Waals surface area (Å²) in [6.45, 7) is 14.8. The second-order valence-electron chi connectivity index (χ2n) is 6.78. The van der Waals surface area contributed by atoms with E-state index in [-0.39, 0.29) is 5.54 Å². The summed E-state index contributed by atoms with van der Waals surface area (Å²) in [5.74, 6) is 0. The maximum absolute atomic E-state index is 5.49. The van der Waals surface area contributed by atoms with Crippen molar-refractivity contribution in [3.8, 4) is 0 Å². The third-order valence-corrected chi connectivity index (χ3v) is 2.64. The lowest BCUT2D eigenvalue weighted by atomic mass is 9.94. The van der Waals surface area contributed by atoms with Crippen molar-refractivity contribution in [3.63, 3.8) is 0 Å². The summed E-state index contributed by atoms with van der Waals surface area (Å²) in [5.41, 5.74) is 1.50. The Kier molecular flexibility index (Phi) is 8.45. The first-order valence-electron chi connectivity index (χ1n) is 7.80. The van der Waals surface area contributed by atoms with Gasteiger partial charge in [-0.05, 0) is 40.2 Å². The molecule has 0 unspecified atom stereocenters. The second kappa shape index (κ2) is 8.68. The first-order valence-corrected chi connectivity index (χ1v) is 11.4. The minimum atomic E-state index is -1.11. The number of benzene rings is 1. The maximum atomic E-state index is 5.49. The van der Waals surface area contributed by atoms with Gasteiger partial charge >= 0.3 is 0 Å². The van der Waals surface area contributed by atoms with Crippen LogP contribution in [0.2, 0.25) is 19.6 Å². The van der Waals surface area contributed by atoms with Crippen LogP contribution >= 0.6 is 0 Å². The van der Waals surface area contributed by atoms with E-state index in [4.69, 9.17) is 7.44 Å². The molecular formula is C17H32BNSi. The van der Waals surface area contributed by atoms with Crippen LogP contribution in [0.1, 0.15) is 46.1 Å². The van der Waals surface area contributed by atoms with Crippen molar-refractivity contribution in [2.75, 3.05) is 0 Å². The Bertz CT molecular complexity index is 347. The monoisotopic (exact) mass is 289 g/mol. The van der Waals surface area contributed by atoms with E-state index in [1.165, 1.54) is 18.4 Å². The molecule has 0 spiro atoms. The fourth-order valence-electron chi connectivity index (χ4n) is 1.68. The van der Waals surface area contributed by atoms with Crippen molar-refractivity contribution in [2.24, 2.45) is 0 Å². The molecule has 1 aromatic carbocycles. The Balaban J connectivity index is 0.000000441. The SMILES string of the molecule is CC.CC(C)(NC1CC1)c1ccccc1.[B][Si](C)(C)C. The van der Waals surface area contributed by atoms with E-state index < -0.39 is 7.94 Å². The molecule has 1 aliphatic carbocycles. The van der Waals surface area contributed by atoms with Crippen LogP contribution in [0.5, 0.6) is 0 Å². The molecule has 20 heavy (non-hydrogen) atoms. The van der Waals surface area contributed by atoms with Gasteiger partial charge in [-0.1, -0.05) is 63.8 Å². The molecule has 2 rings (SSSR count). The zero-order chi connectivity index (χ0) is 15.8. The van der Waals surface area contributed by atoms with Crippen molar-refractivity contribution in [3.05, 3.63) is 35.9 Å². The highest BCUT2D eigenvalue weighted by molar-refractivity contribution is 7.15. The first kappa shape index (κ1) is 19.5. The van der Waals surface area contributed by atoms with Gasteiger partial charge in [0.05, 0.1) is 7.44 Å². The summed E-state index contributed by atoms with van der Waals surface area (Å²) in [5, 5.41) is 3.65. The highest BCUT2D eigenvalue weighted by Gasteiger charge is 2.29. The molecule has 1 N–H and O–H groups in total. The van der Waals surface area contributed by atoms with Gasteiger partial charge in [-0.3, -0.25) is 0 Å². The molecule has 0 aromatic heterocycles. The Hall–Kier alpha value is -0.538. The lowest BCUT2D eigenvalue weighted by Crippen LogP contribution is -2.37. The number of hydrogen-bond donors (Lipinski definition) is 1. The predicted molar refractivity (Wildman–Crippen MR) is 96.1 cm³/mol. The Morgan fingerprint density at radius 2 is 1.45 bits per heavy atom. The normalized spacial score (nSPS) is 14.6. The molecule has 1 nitrogen and oxygen atoms in total. The van der Waals surface area contributed by atoms with E-state index in [1.807, 2.05) is 13.8 Å². The summed E-state index contributed by atoms with van der Waals surface area (Å²) in [7, 11) is 4.38. The van der Waals surface area contributed by atoms with Gasteiger partial charge in [-0.25, -0.2) is 0 Å². The Morgan fingerprint density at radius 3 is 1.80 bits per heavy atom. The summed E-state index contributed by atoms with van der Waals surface area (Å²) in [6, 6.07) is 11.4. The third kappa shape index (κ3) is 10.3. The number of rotatable bonds is 3. The van der Waals surface area contributed by atoms with Crippen LogP contribution in [0, 0.1) is 0 Å². The van der Waals surface area contributed by atoms with Crippen LogP contribution in [0.25, 0.3) is 0 Å². The van der Waals surface area contributed by atoms with E-state index in [2.05, 4.69) is 69.1 Å². The summed E-state index contributed by atoms with van der Waals surface area (Å²) in [4.78, 5) is 0. The third-order valence-electron chi connectivity index (χ3n) is 2.64. The summed E-state index contributed by atoms with van der Waals surface area (Å²) < 4.78 is 0. The van der Waals surface area contributed by atoms with Gasteiger partial charge in [0.1, 0.15) is 0 Å². The largest absolute Gasteiger partial charge is 0.305 e. The van der Waals surface area contributed by atoms with Gasteiger partial charge in [0, 0.05) is 11.6 Å². The van der Waals surface area contributed by atoms with Crippen molar-refractivity contribution < 1.29 is 0 Å².